The highest BCUT2D eigenvalue weighted by molar-refractivity contribution is 5.80. The van der Waals surface area contributed by atoms with Gasteiger partial charge in [0.1, 0.15) is 6.10 Å². The van der Waals surface area contributed by atoms with Gasteiger partial charge in [-0.25, -0.2) is 0 Å². The zero-order valence-electron chi connectivity index (χ0n) is 10.6. The highest BCUT2D eigenvalue weighted by Crippen LogP contribution is 2.15. The van der Waals surface area contributed by atoms with Crippen molar-refractivity contribution in [1.29, 1.82) is 0 Å². The summed E-state index contributed by atoms with van der Waals surface area (Å²) in [5.41, 5.74) is 0. The molecule has 94 valence electrons. The zero-order chi connectivity index (χ0) is 12.1. The van der Waals surface area contributed by atoms with Gasteiger partial charge in [-0.1, -0.05) is 0 Å². The molecule has 1 unspecified atom stereocenters. The molecule has 1 aliphatic heterocycles. The molecule has 1 aliphatic rings. The maximum atomic E-state index is 11.8. The molecule has 1 atom stereocenters. The number of piperidine rings is 1. The van der Waals surface area contributed by atoms with Crippen LogP contribution in [0.3, 0.4) is 0 Å². The number of nitrogens with zero attached hydrogens (tertiary/aromatic N) is 1. The van der Waals surface area contributed by atoms with E-state index in [0.29, 0.717) is 5.92 Å². The Labute approximate surface area is 98.0 Å². The van der Waals surface area contributed by atoms with Crippen LogP contribution in [0, 0.1) is 5.92 Å². The Morgan fingerprint density at radius 1 is 1.38 bits per heavy atom. The summed E-state index contributed by atoms with van der Waals surface area (Å²) in [6.45, 7) is 8.41. The molecule has 1 fully saturated rings. The lowest BCUT2D eigenvalue weighted by molar-refractivity contribution is -0.141. The highest BCUT2D eigenvalue weighted by atomic mass is 16.3. The molecule has 4 nitrogen and oxygen atoms in total. The molecule has 0 bridgehead atoms. The largest absolute Gasteiger partial charge is 0.384 e. The van der Waals surface area contributed by atoms with Crippen LogP contribution in [0.5, 0.6) is 0 Å². The number of nitrogens with one attached hydrogen (secondary N) is 1. The molecule has 16 heavy (non-hydrogen) atoms. The maximum Gasteiger partial charge on any atom is 0.251 e. The first-order chi connectivity index (χ1) is 7.52. The Morgan fingerprint density at radius 3 is 2.38 bits per heavy atom. The van der Waals surface area contributed by atoms with E-state index < -0.39 is 6.10 Å². The summed E-state index contributed by atoms with van der Waals surface area (Å²) in [5.74, 6) is 0.430. The van der Waals surface area contributed by atoms with Crippen molar-refractivity contribution in [2.24, 2.45) is 5.92 Å². The third-order valence-corrected chi connectivity index (χ3v) is 3.18. The van der Waals surface area contributed by atoms with E-state index in [-0.39, 0.29) is 11.9 Å². The molecule has 4 heteroatoms. The van der Waals surface area contributed by atoms with Gasteiger partial charge in [0.15, 0.2) is 0 Å². The van der Waals surface area contributed by atoms with Gasteiger partial charge < -0.3 is 15.3 Å². The first-order valence-electron chi connectivity index (χ1n) is 6.21. The van der Waals surface area contributed by atoms with Crippen LogP contribution >= 0.6 is 0 Å². The number of aliphatic hydroxyl groups excluding tert-OH is 1. The van der Waals surface area contributed by atoms with Crippen LogP contribution in [-0.2, 0) is 4.79 Å². The minimum Gasteiger partial charge on any atom is -0.384 e. The predicted octanol–water partition coefficient (Wildman–Crippen LogP) is 0.604. The van der Waals surface area contributed by atoms with Gasteiger partial charge >= 0.3 is 0 Å². The van der Waals surface area contributed by atoms with E-state index in [1.807, 2.05) is 13.8 Å². The van der Waals surface area contributed by atoms with Gasteiger partial charge in [0.25, 0.3) is 5.91 Å². The predicted molar refractivity (Wildman–Crippen MR) is 64.1 cm³/mol. The summed E-state index contributed by atoms with van der Waals surface area (Å²) in [6, 6.07) is 0.164. The van der Waals surface area contributed by atoms with Crippen molar-refractivity contribution in [3.05, 3.63) is 0 Å². The van der Waals surface area contributed by atoms with E-state index >= 15 is 0 Å². The fourth-order valence-corrected chi connectivity index (χ4v) is 2.14. The van der Waals surface area contributed by atoms with Crippen LogP contribution in [0.15, 0.2) is 0 Å². The van der Waals surface area contributed by atoms with Gasteiger partial charge in [-0.2, -0.15) is 0 Å². The van der Waals surface area contributed by atoms with E-state index in [1.165, 1.54) is 0 Å². The lowest BCUT2D eigenvalue weighted by atomic mass is 9.97. The molecule has 1 heterocycles. The van der Waals surface area contributed by atoms with Crippen molar-refractivity contribution in [1.82, 2.24) is 10.2 Å². The second-order valence-corrected chi connectivity index (χ2v) is 4.95. The molecule has 0 spiro atoms. The van der Waals surface area contributed by atoms with Crippen LogP contribution in [0.2, 0.25) is 0 Å². The Bertz CT molecular complexity index is 223. The molecule has 0 aromatic heterocycles. The number of hydrogen-bond donors (Lipinski definition) is 2. The van der Waals surface area contributed by atoms with Crippen LogP contribution in [0.1, 0.15) is 33.6 Å². The molecule has 0 aliphatic carbocycles. The smallest absolute Gasteiger partial charge is 0.251 e. The van der Waals surface area contributed by atoms with E-state index in [9.17, 15) is 9.90 Å². The highest BCUT2D eigenvalue weighted by Gasteiger charge is 2.25. The van der Waals surface area contributed by atoms with Gasteiger partial charge in [0.2, 0.25) is 0 Å². The first kappa shape index (κ1) is 13.5. The normalized spacial score (nSPS) is 19.8. The minimum atomic E-state index is -0.885. The molecule has 0 saturated carbocycles. The molecule has 2 N–H and O–H groups in total. The average Bonchev–Trinajstić information content (AvgIpc) is 2.26. The Hall–Kier alpha value is -0.610. The van der Waals surface area contributed by atoms with Gasteiger partial charge in [-0.05, 0) is 52.6 Å². The summed E-state index contributed by atoms with van der Waals surface area (Å²) in [5, 5.41) is 12.7. The lowest BCUT2D eigenvalue weighted by Crippen LogP contribution is -2.46. The summed E-state index contributed by atoms with van der Waals surface area (Å²) in [4.78, 5) is 13.6. The summed E-state index contributed by atoms with van der Waals surface area (Å²) in [6.07, 6.45) is 1.36. The molecular weight excluding hydrogens is 204 g/mol. The Morgan fingerprint density at radius 2 is 1.94 bits per heavy atom. The fraction of sp³-hybridized carbons (Fsp3) is 0.917. The third-order valence-electron chi connectivity index (χ3n) is 3.18. The number of aliphatic hydroxyl groups is 1. The molecule has 0 aromatic rings. The van der Waals surface area contributed by atoms with E-state index in [0.717, 1.165) is 32.5 Å². The van der Waals surface area contributed by atoms with E-state index in [2.05, 4.69) is 5.32 Å². The Kier molecular flexibility index (Phi) is 5.22. The van der Waals surface area contributed by atoms with Crippen molar-refractivity contribution >= 4 is 5.91 Å². The van der Waals surface area contributed by atoms with Crippen LogP contribution in [0.25, 0.3) is 0 Å². The summed E-state index contributed by atoms with van der Waals surface area (Å²) >= 11 is 0. The standard InChI is InChI=1S/C12H24N2O2/c1-9(2)14(12(16)10(3)15)8-11-4-6-13-7-5-11/h9-11,13,15H,4-8H2,1-3H3. The van der Waals surface area contributed by atoms with Gasteiger partial charge in [0, 0.05) is 12.6 Å². The van der Waals surface area contributed by atoms with Crippen molar-refractivity contribution in [3.8, 4) is 0 Å². The molecule has 0 aromatic carbocycles. The van der Waals surface area contributed by atoms with Gasteiger partial charge in [0.05, 0.1) is 0 Å². The van der Waals surface area contributed by atoms with Crippen molar-refractivity contribution in [2.45, 2.75) is 45.8 Å². The molecular formula is C12H24N2O2. The molecule has 1 rings (SSSR count). The molecule has 1 amide bonds. The van der Waals surface area contributed by atoms with Crippen molar-refractivity contribution < 1.29 is 9.90 Å². The van der Waals surface area contributed by atoms with Crippen molar-refractivity contribution in [3.63, 3.8) is 0 Å². The number of carbonyl (C=O) groups is 1. The fourth-order valence-electron chi connectivity index (χ4n) is 2.14. The summed E-state index contributed by atoms with van der Waals surface area (Å²) in [7, 11) is 0. The topological polar surface area (TPSA) is 52.6 Å². The van der Waals surface area contributed by atoms with Gasteiger partial charge in [-0.3, -0.25) is 4.79 Å². The monoisotopic (exact) mass is 228 g/mol. The number of carbonyl (C=O) groups excluding carboxylic acids is 1. The average molecular weight is 228 g/mol. The summed E-state index contributed by atoms with van der Waals surface area (Å²) < 4.78 is 0. The van der Waals surface area contributed by atoms with Gasteiger partial charge in [-0.15, -0.1) is 0 Å². The van der Waals surface area contributed by atoms with Crippen LogP contribution in [-0.4, -0.2) is 47.7 Å². The first-order valence-corrected chi connectivity index (χ1v) is 6.21. The third kappa shape index (κ3) is 3.76. The quantitative estimate of drug-likeness (QED) is 0.741. The molecule has 0 radical (unpaired) electrons. The molecule has 1 saturated heterocycles. The lowest BCUT2D eigenvalue weighted by Gasteiger charge is -2.33. The van der Waals surface area contributed by atoms with Crippen LogP contribution in [0.4, 0.5) is 0 Å². The van der Waals surface area contributed by atoms with Crippen LogP contribution < -0.4 is 5.32 Å². The van der Waals surface area contributed by atoms with E-state index in [4.69, 9.17) is 0 Å². The second-order valence-electron chi connectivity index (χ2n) is 4.95. The SMILES string of the molecule is CC(O)C(=O)N(CC1CCNCC1)C(C)C. The van der Waals surface area contributed by atoms with Crippen molar-refractivity contribution in [2.75, 3.05) is 19.6 Å². The maximum absolute atomic E-state index is 11.8. The number of hydrogen-bond acceptors (Lipinski definition) is 3. The number of rotatable bonds is 4. The second kappa shape index (κ2) is 6.21. The number of amides is 1. The van der Waals surface area contributed by atoms with E-state index in [1.54, 1.807) is 11.8 Å². The minimum absolute atomic E-state index is 0.145. The Balaban J connectivity index is 2.53. The zero-order valence-corrected chi connectivity index (χ0v) is 10.6.